The normalized spacial score (nSPS) is 10.1. The van der Waals surface area contributed by atoms with Crippen LogP contribution in [0.15, 0.2) is 54.6 Å². The van der Waals surface area contributed by atoms with Gasteiger partial charge in [0.15, 0.2) is 0 Å². The van der Waals surface area contributed by atoms with E-state index >= 15 is 0 Å². The van der Waals surface area contributed by atoms with Crippen LogP contribution in [-0.2, 0) is 20.9 Å². The molecule has 0 saturated carbocycles. The summed E-state index contributed by atoms with van der Waals surface area (Å²) in [5, 5.41) is 8.57. The molecule has 1 amide bonds. The Bertz CT molecular complexity index is 725. The molecule has 1 N–H and O–H groups in total. The van der Waals surface area contributed by atoms with Gasteiger partial charge >= 0.3 is 5.97 Å². The number of amides is 1. The minimum absolute atomic E-state index is 0.302. The number of aliphatic carboxylic acids is 1. The van der Waals surface area contributed by atoms with Crippen molar-refractivity contribution in [2.45, 2.75) is 13.0 Å². The maximum Gasteiger partial charge on any atom is 0.372 e. The number of benzene rings is 2. The van der Waals surface area contributed by atoms with Gasteiger partial charge in [-0.05, 0) is 16.7 Å². The van der Waals surface area contributed by atoms with E-state index in [1.54, 1.807) is 7.05 Å². The SMILES string of the molecule is CN(Cc1ccccc1-c1ccccc1)C(=O)CC(=O)C(=O)O. The Morgan fingerprint density at radius 3 is 2.22 bits per heavy atom. The molecule has 0 atom stereocenters. The Balaban J connectivity index is 2.16. The molecule has 0 heterocycles. The largest absolute Gasteiger partial charge is 0.475 e. The molecule has 0 aromatic heterocycles. The fourth-order valence-electron chi connectivity index (χ4n) is 2.25. The van der Waals surface area contributed by atoms with E-state index in [1.165, 1.54) is 4.90 Å². The van der Waals surface area contributed by atoms with Crippen LogP contribution in [0.5, 0.6) is 0 Å². The third-order valence-corrected chi connectivity index (χ3v) is 3.49. The Morgan fingerprint density at radius 2 is 1.57 bits per heavy atom. The molecule has 23 heavy (non-hydrogen) atoms. The Morgan fingerprint density at radius 1 is 0.957 bits per heavy atom. The van der Waals surface area contributed by atoms with Gasteiger partial charge in [-0.15, -0.1) is 0 Å². The van der Waals surface area contributed by atoms with Crippen molar-refractivity contribution in [2.24, 2.45) is 0 Å². The highest BCUT2D eigenvalue weighted by atomic mass is 16.4. The van der Waals surface area contributed by atoms with Crippen LogP contribution in [-0.4, -0.2) is 34.7 Å². The van der Waals surface area contributed by atoms with Crippen molar-refractivity contribution < 1.29 is 19.5 Å². The molecular formula is C18H17NO4. The standard InChI is InChI=1S/C18H17NO4/c1-19(17(21)11-16(20)18(22)23)12-14-9-5-6-10-15(14)13-7-3-2-4-8-13/h2-10H,11-12H2,1H3,(H,22,23). The number of carboxylic acids is 1. The molecule has 2 aromatic carbocycles. The van der Waals surface area contributed by atoms with E-state index in [4.69, 9.17) is 5.11 Å². The third kappa shape index (κ3) is 4.26. The number of carbonyl (C=O) groups excluding carboxylic acids is 2. The Hall–Kier alpha value is -2.95. The number of nitrogens with zero attached hydrogens (tertiary/aromatic N) is 1. The Kier molecular flexibility index (Phi) is 5.25. The van der Waals surface area contributed by atoms with Gasteiger partial charge in [0, 0.05) is 13.6 Å². The summed E-state index contributed by atoms with van der Waals surface area (Å²) < 4.78 is 0. The van der Waals surface area contributed by atoms with Crippen molar-refractivity contribution in [3.8, 4) is 11.1 Å². The maximum absolute atomic E-state index is 12.0. The first kappa shape index (κ1) is 16.4. The van der Waals surface area contributed by atoms with Gasteiger partial charge in [-0.2, -0.15) is 0 Å². The number of hydrogen-bond donors (Lipinski definition) is 1. The van der Waals surface area contributed by atoms with Gasteiger partial charge in [0.1, 0.15) is 0 Å². The van der Waals surface area contributed by atoms with Crippen LogP contribution in [0, 0.1) is 0 Å². The molecular weight excluding hydrogens is 294 g/mol. The second-order valence-electron chi connectivity index (χ2n) is 5.18. The molecule has 0 spiro atoms. The molecule has 2 rings (SSSR count). The molecule has 2 aromatic rings. The second kappa shape index (κ2) is 7.35. The molecule has 5 heteroatoms. The zero-order chi connectivity index (χ0) is 16.8. The van der Waals surface area contributed by atoms with E-state index in [2.05, 4.69) is 0 Å². The van der Waals surface area contributed by atoms with E-state index in [9.17, 15) is 14.4 Å². The minimum Gasteiger partial charge on any atom is -0.475 e. The highest BCUT2D eigenvalue weighted by molar-refractivity contribution is 6.36. The molecule has 0 saturated heterocycles. The van der Waals surface area contributed by atoms with Gasteiger partial charge in [0.25, 0.3) is 0 Å². The zero-order valence-electron chi connectivity index (χ0n) is 12.7. The van der Waals surface area contributed by atoms with Crippen LogP contribution in [0.3, 0.4) is 0 Å². The summed E-state index contributed by atoms with van der Waals surface area (Å²) in [7, 11) is 1.55. The van der Waals surface area contributed by atoms with E-state index < -0.39 is 24.1 Å². The molecule has 0 aliphatic rings. The number of rotatable bonds is 6. The van der Waals surface area contributed by atoms with E-state index in [0.717, 1.165) is 16.7 Å². The van der Waals surface area contributed by atoms with Crippen molar-refractivity contribution in [3.63, 3.8) is 0 Å². The smallest absolute Gasteiger partial charge is 0.372 e. The summed E-state index contributed by atoms with van der Waals surface area (Å²) in [6.07, 6.45) is -0.626. The molecule has 0 fully saturated rings. The van der Waals surface area contributed by atoms with Gasteiger partial charge in [0.2, 0.25) is 11.7 Å². The number of ketones is 1. The molecule has 0 radical (unpaired) electrons. The lowest BCUT2D eigenvalue weighted by molar-refractivity contribution is -0.151. The molecule has 0 bridgehead atoms. The highest BCUT2D eigenvalue weighted by Gasteiger charge is 2.20. The van der Waals surface area contributed by atoms with Crippen LogP contribution >= 0.6 is 0 Å². The molecule has 118 valence electrons. The van der Waals surface area contributed by atoms with Crippen molar-refractivity contribution >= 4 is 17.7 Å². The summed E-state index contributed by atoms with van der Waals surface area (Å²) >= 11 is 0. The molecule has 0 unspecified atom stereocenters. The van der Waals surface area contributed by atoms with E-state index in [-0.39, 0.29) is 0 Å². The van der Waals surface area contributed by atoms with Crippen LogP contribution in [0.1, 0.15) is 12.0 Å². The monoisotopic (exact) mass is 311 g/mol. The number of Topliss-reactive ketones (excluding diaryl/α,β-unsaturated/α-hetero) is 1. The quantitative estimate of drug-likeness (QED) is 0.656. The molecule has 0 aliphatic heterocycles. The van der Waals surface area contributed by atoms with E-state index in [0.29, 0.717) is 6.54 Å². The van der Waals surface area contributed by atoms with Crippen molar-refractivity contribution in [3.05, 3.63) is 60.2 Å². The van der Waals surface area contributed by atoms with Crippen LogP contribution in [0.4, 0.5) is 0 Å². The fourth-order valence-corrected chi connectivity index (χ4v) is 2.25. The predicted octanol–water partition coefficient (Wildman–Crippen LogP) is 2.36. The van der Waals surface area contributed by atoms with E-state index in [1.807, 2.05) is 54.6 Å². The van der Waals surface area contributed by atoms with Gasteiger partial charge < -0.3 is 10.0 Å². The summed E-state index contributed by atoms with van der Waals surface area (Å²) in [5.74, 6) is -3.20. The molecule has 5 nitrogen and oxygen atoms in total. The summed E-state index contributed by atoms with van der Waals surface area (Å²) in [6.45, 7) is 0.302. The summed E-state index contributed by atoms with van der Waals surface area (Å²) in [6, 6.07) is 17.4. The third-order valence-electron chi connectivity index (χ3n) is 3.49. The summed E-state index contributed by atoms with van der Waals surface area (Å²) in [4.78, 5) is 35.0. The summed E-state index contributed by atoms with van der Waals surface area (Å²) in [5.41, 5.74) is 2.96. The van der Waals surface area contributed by atoms with Crippen molar-refractivity contribution in [1.29, 1.82) is 0 Å². The highest BCUT2D eigenvalue weighted by Crippen LogP contribution is 2.24. The topological polar surface area (TPSA) is 74.7 Å². The zero-order valence-corrected chi connectivity index (χ0v) is 12.7. The predicted molar refractivity (Wildman–Crippen MR) is 85.6 cm³/mol. The lowest BCUT2D eigenvalue weighted by Crippen LogP contribution is -2.30. The maximum atomic E-state index is 12.0. The second-order valence-corrected chi connectivity index (χ2v) is 5.18. The first-order chi connectivity index (χ1) is 11.0. The van der Waals surface area contributed by atoms with Gasteiger partial charge in [-0.3, -0.25) is 9.59 Å². The minimum atomic E-state index is -1.59. The van der Waals surface area contributed by atoms with Crippen LogP contribution in [0.25, 0.3) is 11.1 Å². The van der Waals surface area contributed by atoms with Gasteiger partial charge in [-0.25, -0.2) is 4.79 Å². The van der Waals surface area contributed by atoms with Crippen molar-refractivity contribution in [1.82, 2.24) is 4.90 Å². The van der Waals surface area contributed by atoms with Crippen LogP contribution in [0.2, 0.25) is 0 Å². The lowest BCUT2D eigenvalue weighted by Gasteiger charge is -2.19. The number of hydrogen-bond acceptors (Lipinski definition) is 3. The fraction of sp³-hybridized carbons (Fsp3) is 0.167. The first-order valence-corrected chi connectivity index (χ1v) is 7.12. The Labute approximate surface area is 134 Å². The number of carbonyl (C=O) groups is 3. The average Bonchev–Trinajstić information content (AvgIpc) is 2.56. The lowest BCUT2D eigenvalue weighted by atomic mass is 9.99. The van der Waals surface area contributed by atoms with Gasteiger partial charge in [-0.1, -0.05) is 54.6 Å². The number of carboxylic acid groups (broad SMARTS) is 1. The van der Waals surface area contributed by atoms with Crippen LogP contribution < -0.4 is 0 Å². The van der Waals surface area contributed by atoms with Crippen molar-refractivity contribution in [2.75, 3.05) is 7.05 Å². The van der Waals surface area contributed by atoms with Gasteiger partial charge in [0.05, 0.1) is 6.42 Å². The molecule has 0 aliphatic carbocycles. The average molecular weight is 311 g/mol. The first-order valence-electron chi connectivity index (χ1n) is 7.12.